The molecule has 0 amide bonds. The Bertz CT molecular complexity index is 2490. The van der Waals surface area contributed by atoms with Crippen LogP contribution in [0.25, 0.3) is 11.1 Å². The van der Waals surface area contributed by atoms with Crippen LogP contribution in [0.3, 0.4) is 0 Å². The van der Waals surface area contributed by atoms with E-state index in [2.05, 4.69) is 0 Å². The largest absolute Gasteiger partial charge is 0.219 e. The summed E-state index contributed by atoms with van der Waals surface area (Å²) in [5.41, 5.74) is -0.723. The van der Waals surface area contributed by atoms with Crippen LogP contribution in [-0.4, -0.2) is 33.7 Å². The number of rotatable bonds is 9. The van der Waals surface area contributed by atoms with Gasteiger partial charge in [0.05, 0.1) is 39.2 Å². The molecule has 0 saturated carbocycles. The second-order valence-electron chi connectivity index (χ2n) is 10.6. The van der Waals surface area contributed by atoms with E-state index < -0.39 is 59.6 Å². The third-order valence-corrected chi connectivity index (χ3v) is 14.8. The van der Waals surface area contributed by atoms with E-state index in [-0.39, 0.29) is 30.0 Å². The summed E-state index contributed by atoms with van der Waals surface area (Å²) in [6.45, 7) is 0. The summed E-state index contributed by atoms with van der Waals surface area (Å²) in [6, 6.07) is 36.1. The molecule has 6 aromatic carbocycles. The van der Waals surface area contributed by atoms with Gasteiger partial charge in [-0.2, -0.15) is 0 Å². The van der Waals surface area contributed by atoms with Crippen molar-refractivity contribution in [1.82, 2.24) is 0 Å². The molecular formula is C36H26O8S4. The molecule has 0 aliphatic carbocycles. The first-order valence-corrected chi connectivity index (χ1v) is 20.3. The van der Waals surface area contributed by atoms with Crippen LogP contribution >= 0.6 is 0 Å². The first-order chi connectivity index (χ1) is 22.9. The monoisotopic (exact) mass is 714 g/mol. The number of benzene rings is 6. The molecule has 0 atom stereocenters. The van der Waals surface area contributed by atoms with E-state index in [0.29, 0.717) is 0 Å². The Morgan fingerprint density at radius 1 is 0.271 bits per heavy atom. The van der Waals surface area contributed by atoms with Crippen LogP contribution in [0, 0.1) is 0 Å². The molecule has 0 radical (unpaired) electrons. The molecular weight excluding hydrogens is 689 g/mol. The molecule has 0 unspecified atom stereocenters. The molecule has 0 bridgehead atoms. The van der Waals surface area contributed by atoms with E-state index in [9.17, 15) is 33.7 Å². The van der Waals surface area contributed by atoms with E-state index in [0.717, 1.165) is 18.2 Å². The van der Waals surface area contributed by atoms with Crippen molar-refractivity contribution in [2.75, 3.05) is 0 Å². The topological polar surface area (TPSA) is 137 Å². The van der Waals surface area contributed by atoms with Crippen LogP contribution in [-0.2, 0) is 39.3 Å². The Morgan fingerprint density at radius 2 is 0.604 bits per heavy atom. The predicted octanol–water partition coefficient (Wildman–Crippen LogP) is 6.68. The Kier molecular flexibility index (Phi) is 8.69. The molecule has 0 N–H and O–H groups in total. The third kappa shape index (κ3) is 5.88. The molecule has 0 heterocycles. The first kappa shape index (κ1) is 33.0. The predicted molar refractivity (Wildman–Crippen MR) is 179 cm³/mol. The van der Waals surface area contributed by atoms with Gasteiger partial charge in [-0.25, -0.2) is 33.7 Å². The highest BCUT2D eigenvalue weighted by Crippen LogP contribution is 2.43. The van der Waals surface area contributed by atoms with Crippen molar-refractivity contribution >= 4 is 39.3 Å². The normalized spacial score (nSPS) is 12.4. The summed E-state index contributed by atoms with van der Waals surface area (Å²) in [4.78, 5) is -2.55. The first-order valence-electron chi connectivity index (χ1n) is 14.3. The van der Waals surface area contributed by atoms with Crippen LogP contribution in [0.1, 0.15) is 0 Å². The molecule has 48 heavy (non-hydrogen) atoms. The summed E-state index contributed by atoms with van der Waals surface area (Å²) in [5, 5.41) is 0. The van der Waals surface area contributed by atoms with Crippen molar-refractivity contribution in [3.63, 3.8) is 0 Å². The van der Waals surface area contributed by atoms with Crippen molar-refractivity contribution in [2.45, 2.75) is 39.2 Å². The fourth-order valence-corrected chi connectivity index (χ4v) is 11.2. The SMILES string of the molecule is O=S(=O)(c1ccccc1)c1ccc(-c2c(S(=O)(=O)c3ccccc3)cccc2S(=O)(=O)c2ccccc2)c(S(=O)(=O)c2ccccc2)c1. The van der Waals surface area contributed by atoms with Gasteiger partial charge in [-0.3, -0.25) is 0 Å². The van der Waals surface area contributed by atoms with Crippen molar-refractivity contribution in [2.24, 2.45) is 0 Å². The maximum atomic E-state index is 14.4. The van der Waals surface area contributed by atoms with Gasteiger partial charge < -0.3 is 0 Å². The molecule has 0 aliphatic rings. The number of hydrogen-bond acceptors (Lipinski definition) is 8. The van der Waals surface area contributed by atoms with Gasteiger partial charge in [0.15, 0.2) is 0 Å². The van der Waals surface area contributed by atoms with Crippen LogP contribution < -0.4 is 0 Å². The lowest BCUT2D eigenvalue weighted by atomic mass is 10.1. The second kappa shape index (κ2) is 12.6. The van der Waals surface area contributed by atoms with Gasteiger partial charge in [-0.15, -0.1) is 0 Å². The Hall–Kier alpha value is -4.88. The zero-order valence-corrected chi connectivity index (χ0v) is 28.2. The van der Waals surface area contributed by atoms with Crippen LogP contribution in [0.2, 0.25) is 0 Å². The van der Waals surface area contributed by atoms with Crippen LogP contribution in [0.15, 0.2) is 197 Å². The fraction of sp³-hybridized carbons (Fsp3) is 0. The Balaban J connectivity index is 1.76. The Labute approximate surface area is 279 Å². The van der Waals surface area contributed by atoms with E-state index >= 15 is 0 Å². The summed E-state index contributed by atoms with van der Waals surface area (Å²) in [6.07, 6.45) is 0. The van der Waals surface area contributed by atoms with Crippen molar-refractivity contribution in [3.05, 3.63) is 158 Å². The lowest BCUT2D eigenvalue weighted by molar-refractivity contribution is 0.589. The molecule has 0 aliphatic heterocycles. The van der Waals surface area contributed by atoms with E-state index in [1.54, 1.807) is 24.3 Å². The number of hydrogen-bond donors (Lipinski definition) is 0. The molecule has 0 saturated heterocycles. The maximum absolute atomic E-state index is 14.4. The van der Waals surface area contributed by atoms with E-state index in [4.69, 9.17) is 0 Å². The summed E-state index contributed by atoms with van der Waals surface area (Å²) < 4.78 is 113. The Morgan fingerprint density at radius 3 is 0.979 bits per heavy atom. The average molecular weight is 715 g/mol. The quantitative estimate of drug-likeness (QED) is 0.162. The average Bonchev–Trinajstić information content (AvgIpc) is 3.12. The summed E-state index contributed by atoms with van der Waals surface area (Å²) in [5.74, 6) is 0. The van der Waals surface area contributed by atoms with Gasteiger partial charge >= 0.3 is 0 Å². The lowest BCUT2D eigenvalue weighted by Gasteiger charge is -2.20. The zero-order valence-electron chi connectivity index (χ0n) is 24.9. The highest BCUT2D eigenvalue weighted by atomic mass is 32.2. The molecule has 242 valence electrons. The fourth-order valence-electron chi connectivity index (χ4n) is 5.24. The van der Waals surface area contributed by atoms with E-state index in [1.165, 1.54) is 115 Å². The van der Waals surface area contributed by atoms with Crippen LogP contribution in [0.5, 0.6) is 0 Å². The zero-order chi connectivity index (χ0) is 34.2. The molecule has 0 spiro atoms. The second-order valence-corrected chi connectivity index (χ2v) is 18.3. The minimum atomic E-state index is -4.59. The highest BCUT2D eigenvalue weighted by Gasteiger charge is 2.34. The van der Waals surface area contributed by atoms with Crippen LogP contribution in [0.4, 0.5) is 0 Å². The molecule has 6 aromatic rings. The minimum Gasteiger partial charge on any atom is -0.219 e. The van der Waals surface area contributed by atoms with Gasteiger partial charge in [0, 0.05) is 11.1 Å². The standard InChI is InChI=1S/C36H26O8S4/c37-45(38,27-14-5-1-6-15-27)31-24-25-32(35(26-31)48(43,44)30-20-11-4-12-21-30)36-33(46(39,40)28-16-7-2-8-17-28)22-13-23-34(36)47(41,42)29-18-9-3-10-19-29/h1-26H. The van der Waals surface area contributed by atoms with Gasteiger partial charge in [-0.05, 0) is 72.8 Å². The van der Waals surface area contributed by atoms with Gasteiger partial charge in [-0.1, -0.05) is 84.9 Å². The maximum Gasteiger partial charge on any atom is 0.207 e. The van der Waals surface area contributed by atoms with E-state index in [1.807, 2.05) is 0 Å². The van der Waals surface area contributed by atoms with Gasteiger partial charge in [0.25, 0.3) is 0 Å². The lowest BCUT2D eigenvalue weighted by Crippen LogP contribution is -2.13. The summed E-state index contributed by atoms with van der Waals surface area (Å²) >= 11 is 0. The van der Waals surface area contributed by atoms with Crippen molar-refractivity contribution in [1.29, 1.82) is 0 Å². The van der Waals surface area contributed by atoms with Crippen molar-refractivity contribution in [3.8, 4) is 11.1 Å². The smallest absolute Gasteiger partial charge is 0.207 e. The van der Waals surface area contributed by atoms with Gasteiger partial charge in [0.2, 0.25) is 39.3 Å². The third-order valence-electron chi connectivity index (χ3n) is 7.60. The summed E-state index contributed by atoms with van der Waals surface area (Å²) in [7, 11) is -17.8. The molecule has 12 heteroatoms. The molecule has 6 rings (SSSR count). The highest BCUT2D eigenvalue weighted by molar-refractivity contribution is 7.93. The van der Waals surface area contributed by atoms with Gasteiger partial charge in [0.1, 0.15) is 0 Å². The van der Waals surface area contributed by atoms with Crippen molar-refractivity contribution < 1.29 is 33.7 Å². The molecule has 0 aromatic heterocycles. The number of sulfone groups is 4. The molecule has 0 fully saturated rings. The molecule has 8 nitrogen and oxygen atoms in total. The minimum absolute atomic E-state index is 0.0970.